The summed E-state index contributed by atoms with van der Waals surface area (Å²) in [6.45, 7) is 25.3. The maximum Gasteiger partial charge on any atom is 0.437 e. The number of hydrogen-bond acceptors (Lipinski definition) is 15. The number of amidine groups is 2. The molecule has 4 N–H and O–H groups in total. The van der Waals surface area contributed by atoms with Gasteiger partial charge in [-0.3, -0.25) is 21.5 Å². The number of amides is 5. The van der Waals surface area contributed by atoms with Gasteiger partial charge in [-0.15, -0.1) is 16.3 Å². The minimum atomic E-state index is -1.05. The number of hydrogen-bond donors (Lipinski definition) is 4. The quantitative estimate of drug-likeness (QED) is 0.0635. The van der Waals surface area contributed by atoms with Crippen LogP contribution >= 0.6 is 11.3 Å². The van der Waals surface area contributed by atoms with E-state index in [-0.39, 0.29) is 43.7 Å². The summed E-state index contributed by atoms with van der Waals surface area (Å²) in [5, 5.41) is 23.7. The molecule has 5 amide bonds. The second-order valence-corrected chi connectivity index (χ2v) is 20.8. The van der Waals surface area contributed by atoms with Gasteiger partial charge in [0.1, 0.15) is 45.3 Å². The third kappa shape index (κ3) is 23.1. The summed E-state index contributed by atoms with van der Waals surface area (Å²) >= 11 is 1.34. The van der Waals surface area contributed by atoms with Crippen LogP contribution in [-0.4, -0.2) is 111 Å². The third-order valence-electron chi connectivity index (χ3n) is 7.57. The van der Waals surface area contributed by atoms with Crippen molar-refractivity contribution in [3.63, 3.8) is 0 Å². The molecule has 2 rings (SSSR count). The lowest BCUT2D eigenvalue weighted by Crippen LogP contribution is -2.53. The summed E-state index contributed by atoms with van der Waals surface area (Å²) in [6, 6.07) is 6.43. The molecule has 2 aromatic rings. The minimum Gasteiger partial charge on any atom is -0.494 e. The molecule has 0 fully saturated rings. The highest BCUT2D eigenvalue weighted by Crippen LogP contribution is 2.20. The number of nitrogens with one attached hydrogen (secondary N) is 4. The van der Waals surface area contributed by atoms with E-state index in [0.29, 0.717) is 42.7 Å². The first-order chi connectivity index (χ1) is 29.7. The maximum atomic E-state index is 14.0. The van der Waals surface area contributed by atoms with Gasteiger partial charge in [-0.1, -0.05) is 6.42 Å². The van der Waals surface area contributed by atoms with Crippen molar-refractivity contribution in [1.29, 1.82) is 10.8 Å². The van der Waals surface area contributed by atoms with Crippen molar-refractivity contribution in [3.8, 4) is 5.75 Å². The highest BCUT2D eigenvalue weighted by atomic mass is 32.1. The standard InChI is InChI=1S/C45H70N8O11S/c1-41(2,3)60-36(54)49-33(46)29-21-23-30(24-22-29)59-27-19-26-53(40(58)64-45(13,14)15)35(51-38(56)62-43(7,8)9)52(39(57)63-44(10,11)12)25-18-16-17-20-32-48-31(28-65-32)34(47)50-37(55)61-42(4,5)6/h21-24,28H,16-20,25-27H2,1-15H3,(H2,46,49,54)(H2,47,50,55)/b51-35-. The Morgan fingerprint density at radius 1 is 0.615 bits per heavy atom. The smallest absolute Gasteiger partial charge is 0.437 e. The van der Waals surface area contributed by atoms with Crippen molar-refractivity contribution in [3.05, 3.63) is 45.9 Å². The summed E-state index contributed by atoms with van der Waals surface area (Å²) in [5.74, 6) is -0.268. The van der Waals surface area contributed by atoms with Crippen molar-refractivity contribution in [1.82, 2.24) is 25.4 Å². The van der Waals surface area contributed by atoms with Gasteiger partial charge in [-0.25, -0.2) is 38.8 Å². The fourth-order valence-electron chi connectivity index (χ4n) is 5.15. The van der Waals surface area contributed by atoms with Crippen LogP contribution in [0.1, 0.15) is 146 Å². The van der Waals surface area contributed by atoms with Crippen LogP contribution in [-0.2, 0) is 30.1 Å². The van der Waals surface area contributed by atoms with Crippen LogP contribution in [0.4, 0.5) is 24.0 Å². The number of rotatable bonds is 13. The zero-order chi connectivity index (χ0) is 49.6. The lowest BCUT2D eigenvalue weighted by Gasteiger charge is -2.34. The van der Waals surface area contributed by atoms with Crippen molar-refractivity contribution in [2.45, 2.75) is 164 Å². The predicted octanol–water partition coefficient (Wildman–Crippen LogP) is 9.79. The Morgan fingerprint density at radius 2 is 1.08 bits per heavy atom. The molecule has 0 bridgehead atoms. The van der Waals surface area contributed by atoms with Gasteiger partial charge in [0.05, 0.1) is 11.6 Å². The molecule has 0 saturated carbocycles. The fraction of sp³-hybridized carbons (Fsp3) is 0.622. The molecule has 0 aliphatic carbocycles. The topological polar surface area (TPSA) is 244 Å². The van der Waals surface area contributed by atoms with Crippen LogP contribution in [0.25, 0.3) is 0 Å². The van der Waals surface area contributed by atoms with Crippen LogP contribution in [0.5, 0.6) is 5.75 Å². The van der Waals surface area contributed by atoms with Gasteiger partial charge in [0.25, 0.3) is 0 Å². The van der Waals surface area contributed by atoms with E-state index in [0.717, 1.165) is 14.8 Å². The van der Waals surface area contributed by atoms with Crippen molar-refractivity contribution in [2.75, 3.05) is 19.7 Å². The van der Waals surface area contributed by atoms with Gasteiger partial charge in [0.15, 0.2) is 5.84 Å². The largest absolute Gasteiger partial charge is 0.494 e. The first-order valence-electron chi connectivity index (χ1n) is 21.4. The van der Waals surface area contributed by atoms with Gasteiger partial charge in [0.2, 0.25) is 5.96 Å². The number of ether oxygens (including phenoxy) is 6. The number of guanidine groups is 1. The molecule has 0 aliphatic rings. The Labute approximate surface area is 387 Å². The number of aliphatic imine (C=N–C) groups is 1. The molecule has 1 heterocycles. The second kappa shape index (κ2) is 23.4. The number of aryl methyl sites for hydroxylation is 1. The first kappa shape index (κ1) is 55.3. The minimum absolute atomic E-state index is 0.0238. The average Bonchev–Trinajstić information content (AvgIpc) is 3.58. The molecule has 0 saturated heterocycles. The number of thiazole rings is 1. The van der Waals surface area contributed by atoms with E-state index in [2.05, 4.69) is 20.6 Å². The lowest BCUT2D eigenvalue weighted by atomic mass is 10.2. The van der Waals surface area contributed by atoms with Crippen LogP contribution in [0, 0.1) is 10.8 Å². The van der Waals surface area contributed by atoms with E-state index >= 15 is 0 Å². The molecule has 0 aliphatic heterocycles. The number of unbranched alkanes of at least 4 members (excludes halogenated alkanes) is 2. The summed E-state index contributed by atoms with van der Waals surface area (Å²) in [5.41, 5.74) is -3.66. The third-order valence-corrected chi connectivity index (χ3v) is 8.47. The molecule has 20 heteroatoms. The Kier molecular flexibility index (Phi) is 19.9. The van der Waals surface area contributed by atoms with Gasteiger partial charge < -0.3 is 28.4 Å². The Hall–Kier alpha value is -5.79. The van der Waals surface area contributed by atoms with E-state index < -0.39 is 58.5 Å². The Bertz CT molecular complexity index is 2000. The van der Waals surface area contributed by atoms with E-state index in [9.17, 15) is 24.0 Å². The molecule has 362 valence electrons. The zero-order valence-electron chi connectivity index (χ0n) is 40.7. The van der Waals surface area contributed by atoms with Gasteiger partial charge in [0, 0.05) is 24.0 Å². The average molecular weight is 931 g/mol. The molecule has 0 radical (unpaired) electrons. The maximum absolute atomic E-state index is 14.0. The predicted molar refractivity (Wildman–Crippen MR) is 248 cm³/mol. The van der Waals surface area contributed by atoms with Crippen LogP contribution in [0.2, 0.25) is 0 Å². The van der Waals surface area contributed by atoms with Gasteiger partial charge >= 0.3 is 30.5 Å². The lowest BCUT2D eigenvalue weighted by molar-refractivity contribution is 0.0268. The Balaban J connectivity index is 2.35. The Morgan fingerprint density at radius 3 is 1.55 bits per heavy atom. The molecule has 0 unspecified atom stereocenters. The van der Waals surface area contributed by atoms with E-state index in [4.69, 9.17) is 39.2 Å². The van der Waals surface area contributed by atoms with Crippen molar-refractivity contribution < 1.29 is 52.4 Å². The number of alkyl carbamates (subject to hydrolysis) is 2. The van der Waals surface area contributed by atoms with Crippen molar-refractivity contribution >= 4 is 59.4 Å². The van der Waals surface area contributed by atoms with E-state index in [1.165, 1.54) is 11.3 Å². The molecule has 1 aromatic heterocycles. The monoisotopic (exact) mass is 930 g/mol. The summed E-state index contributed by atoms with van der Waals surface area (Å²) in [6.07, 6.45) is -2.03. The molecule has 0 spiro atoms. The SMILES string of the molecule is CC(C)(C)OC(=O)/N=C(/N(CCCCCc1nc(C(=N)NC(=O)OC(C)(C)C)cs1)C(=O)OC(C)(C)C)N(CCCOc1ccc(C(=N)NC(=O)OC(C)(C)C)cc1)C(=O)OC(C)(C)C. The summed E-state index contributed by atoms with van der Waals surface area (Å²) in [7, 11) is 0. The van der Waals surface area contributed by atoms with Crippen molar-refractivity contribution in [2.24, 2.45) is 4.99 Å². The number of carbonyl (C=O) groups is 5. The number of carbonyl (C=O) groups excluding carboxylic acids is 5. The molecule has 19 nitrogen and oxygen atoms in total. The molecular formula is C45H70N8O11S. The van der Waals surface area contributed by atoms with E-state index in [1.807, 2.05) is 0 Å². The molecule has 65 heavy (non-hydrogen) atoms. The molecular weight excluding hydrogens is 861 g/mol. The van der Waals surface area contributed by atoms with Gasteiger partial charge in [-0.05, 0) is 154 Å². The van der Waals surface area contributed by atoms with Crippen LogP contribution in [0.3, 0.4) is 0 Å². The molecule has 0 atom stereocenters. The fourth-order valence-corrected chi connectivity index (χ4v) is 5.99. The van der Waals surface area contributed by atoms with Crippen LogP contribution < -0.4 is 15.4 Å². The van der Waals surface area contributed by atoms with E-state index in [1.54, 1.807) is 134 Å². The second-order valence-electron chi connectivity index (χ2n) is 19.8. The first-order valence-corrected chi connectivity index (χ1v) is 22.3. The van der Waals surface area contributed by atoms with Crippen LogP contribution in [0.15, 0.2) is 34.6 Å². The van der Waals surface area contributed by atoms with Gasteiger partial charge in [-0.2, -0.15) is 0 Å². The number of benzene rings is 1. The molecule has 1 aromatic carbocycles. The zero-order valence-corrected chi connectivity index (χ0v) is 41.5. The summed E-state index contributed by atoms with van der Waals surface area (Å²) in [4.78, 5) is 76.7. The summed E-state index contributed by atoms with van der Waals surface area (Å²) < 4.78 is 33.5. The number of aromatic nitrogens is 1. The highest BCUT2D eigenvalue weighted by molar-refractivity contribution is 7.09. The number of nitrogens with zero attached hydrogens (tertiary/aromatic N) is 4. The highest BCUT2D eigenvalue weighted by Gasteiger charge is 2.35. The normalized spacial score (nSPS) is 12.3.